The van der Waals surface area contributed by atoms with E-state index in [4.69, 9.17) is 10.00 Å². The number of halogens is 1. The van der Waals surface area contributed by atoms with Crippen LogP contribution in [0.3, 0.4) is 0 Å². The summed E-state index contributed by atoms with van der Waals surface area (Å²) in [6, 6.07) is 0. The standard InChI is InChI=1S/C6H12FO8P/c7-16(12,13)15-6-5(11)4(10)3(9)2(1-8)14-6/h2-6,8-11H,1H2,(H,12,13)/t2-,3-,4+,5+,6-/m1/s1. The van der Waals surface area contributed by atoms with Gasteiger partial charge in [0.15, 0.2) is 6.29 Å². The van der Waals surface area contributed by atoms with Gasteiger partial charge in [-0.3, -0.25) is 9.42 Å². The van der Waals surface area contributed by atoms with E-state index in [9.17, 15) is 24.1 Å². The van der Waals surface area contributed by atoms with Gasteiger partial charge in [-0.25, -0.2) is 4.57 Å². The maximum absolute atomic E-state index is 12.3. The number of aliphatic hydroxyl groups is 4. The maximum Gasteiger partial charge on any atom is 0.512 e. The van der Waals surface area contributed by atoms with E-state index < -0.39 is 45.2 Å². The van der Waals surface area contributed by atoms with Gasteiger partial charge < -0.3 is 25.2 Å². The van der Waals surface area contributed by atoms with Crippen molar-refractivity contribution in [3.63, 3.8) is 0 Å². The summed E-state index contributed by atoms with van der Waals surface area (Å²) in [5.41, 5.74) is 0. The summed E-state index contributed by atoms with van der Waals surface area (Å²) in [6.07, 6.45) is -8.61. The van der Waals surface area contributed by atoms with Crippen molar-refractivity contribution in [2.45, 2.75) is 30.7 Å². The van der Waals surface area contributed by atoms with E-state index in [1.165, 1.54) is 0 Å². The smallest absolute Gasteiger partial charge is 0.394 e. The summed E-state index contributed by atoms with van der Waals surface area (Å²) >= 11 is 0. The average Bonchev–Trinajstić information content (AvgIpc) is 2.17. The van der Waals surface area contributed by atoms with Gasteiger partial charge in [-0.1, -0.05) is 0 Å². The summed E-state index contributed by atoms with van der Waals surface area (Å²) in [5, 5.41) is 36.5. The van der Waals surface area contributed by atoms with Crippen molar-refractivity contribution in [3.05, 3.63) is 0 Å². The number of rotatable bonds is 3. The van der Waals surface area contributed by atoms with Crippen molar-refractivity contribution in [3.8, 4) is 0 Å². The third-order valence-electron chi connectivity index (χ3n) is 2.08. The molecule has 0 bridgehead atoms. The monoisotopic (exact) mass is 262 g/mol. The highest BCUT2D eigenvalue weighted by atomic mass is 31.2. The summed E-state index contributed by atoms with van der Waals surface area (Å²) in [7, 11) is -5.41. The largest absolute Gasteiger partial charge is 0.512 e. The Morgan fingerprint density at radius 1 is 1.25 bits per heavy atom. The molecule has 6 atom stereocenters. The van der Waals surface area contributed by atoms with Crippen LogP contribution in [-0.4, -0.2) is 62.6 Å². The van der Waals surface area contributed by atoms with Crippen molar-refractivity contribution >= 4 is 7.91 Å². The van der Waals surface area contributed by atoms with Gasteiger partial charge in [-0.05, 0) is 0 Å². The Morgan fingerprint density at radius 3 is 2.25 bits per heavy atom. The topological polar surface area (TPSA) is 137 Å². The third kappa shape index (κ3) is 3.19. The van der Waals surface area contributed by atoms with Crippen molar-refractivity contribution in [2.75, 3.05) is 6.61 Å². The van der Waals surface area contributed by atoms with Gasteiger partial charge in [0.05, 0.1) is 6.61 Å². The Balaban J connectivity index is 2.75. The molecule has 1 heterocycles. The van der Waals surface area contributed by atoms with Gasteiger partial charge in [0.1, 0.15) is 24.4 Å². The second-order valence-electron chi connectivity index (χ2n) is 3.25. The van der Waals surface area contributed by atoms with Gasteiger partial charge >= 0.3 is 7.91 Å². The van der Waals surface area contributed by atoms with Crippen molar-refractivity contribution in [1.29, 1.82) is 0 Å². The fourth-order valence-electron chi connectivity index (χ4n) is 1.28. The predicted molar refractivity (Wildman–Crippen MR) is 45.8 cm³/mol. The molecule has 0 radical (unpaired) electrons. The number of ether oxygens (including phenoxy) is 1. The van der Waals surface area contributed by atoms with Crippen molar-refractivity contribution in [1.82, 2.24) is 0 Å². The fraction of sp³-hybridized carbons (Fsp3) is 1.00. The van der Waals surface area contributed by atoms with E-state index in [0.717, 1.165) is 0 Å². The van der Waals surface area contributed by atoms with Gasteiger partial charge in [0, 0.05) is 0 Å². The maximum atomic E-state index is 12.3. The molecule has 0 aromatic heterocycles. The van der Waals surface area contributed by atoms with Crippen LogP contribution in [0.5, 0.6) is 0 Å². The molecule has 0 spiro atoms. The lowest BCUT2D eigenvalue weighted by atomic mass is 10.00. The molecule has 0 aromatic rings. The molecule has 1 aliphatic rings. The van der Waals surface area contributed by atoms with Crippen LogP contribution in [0.4, 0.5) is 4.20 Å². The van der Waals surface area contributed by atoms with Crippen LogP contribution in [-0.2, 0) is 13.8 Å². The zero-order valence-corrected chi connectivity index (χ0v) is 8.77. The van der Waals surface area contributed by atoms with E-state index in [1.54, 1.807) is 0 Å². The first-order chi connectivity index (χ1) is 7.26. The molecule has 0 aliphatic carbocycles. The second kappa shape index (κ2) is 5.03. The van der Waals surface area contributed by atoms with Crippen molar-refractivity contribution < 1.29 is 43.3 Å². The second-order valence-corrected chi connectivity index (χ2v) is 4.37. The Morgan fingerprint density at radius 2 is 1.81 bits per heavy atom. The molecule has 8 nitrogen and oxygen atoms in total. The Kier molecular flexibility index (Phi) is 4.38. The fourth-order valence-corrected chi connectivity index (χ4v) is 1.71. The molecule has 16 heavy (non-hydrogen) atoms. The summed E-state index contributed by atoms with van der Waals surface area (Å²) in [5.74, 6) is 0. The summed E-state index contributed by atoms with van der Waals surface area (Å²) in [4.78, 5) is 8.27. The Bertz CT molecular complexity index is 280. The first kappa shape index (κ1) is 13.9. The normalized spacial score (nSPS) is 44.0. The molecular weight excluding hydrogens is 250 g/mol. The van der Waals surface area contributed by atoms with Crippen LogP contribution in [0.25, 0.3) is 0 Å². The zero-order chi connectivity index (χ0) is 12.5. The molecule has 1 fully saturated rings. The minimum atomic E-state index is -5.41. The highest BCUT2D eigenvalue weighted by molar-refractivity contribution is 7.46. The SMILES string of the molecule is O=P(O)(F)O[C@H]1O[C@H](CO)[C@@H](O)[C@H](O)[C@@H]1O. The summed E-state index contributed by atoms with van der Waals surface area (Å²) < 4.78 is 31.0. The van der Waals surface area contributed by atoms with Crippen molar-refractivity contribution in [2.24, 2.45) is 0 Å². The number of hydrogen-bond acceptors (Lipinski definition) is 7. The molecule has 1 unspecified atom stereocenters. The summed E-state index contributed by atoms with van der Waals surface area (Å²) in [6.45, 7) is -0.743. The zero-order valence-electron chi connectivity index (χ0n) is 7.88. The predicted octanol–water partition coefficient (Wildman–Crippen LogP) is -2.13. The van der Waals surface area contributed by atoms with Crippen LogP contribution in [0.1, 0.15) is 0 Å². The first-order valence-electron chi connectivity index (χ1n) is 4.27. The molecule has 1 rings (SSSR count). The number of aliphatic hydroxyl groups excluding tert-OH is 4. The molecule has 1 saturated heterocycles. The lowest BCUT2D eigenvalue weighted by molar-refractivity contribution is -0.280. The lowest BCUT2D eigenvalue weighted by Crippen LogP contribution is -2.58. The van der Waals surface area contributed by atoms with Crippen LogP contribution >= 0.6 is 7.91 Å². The van der Waals surface area contributed by atoms with Gasteiger partial charge in [-0.2, -0.15) is 0 Å². The van der Waals surface area contributed by atoms with Crippen LogP contribution in [0.2, 0.25) is 0 Å². The minimum Gasteiger partial charge on any atom is -0.394 e. The number of hydrogen-bond donors (Lipinski definition) is 5. The highest BCUT2D eigenvalue weighted by Gasteiger charge is 2.46. The minimum absolute atomic E-state index is 0.743. The first-order valence-corrected chi connectivity index (χ1v) is 5.74. The van der Waals surface area contributed by atoms with Gasteiger partial charge in [-0.15, -0.1) is 4.20 Å². The molecule has 96 valence electrons. The molecular formula is C6H12FO8P. The van der Waals surface area contributed by atoms with E-state index >= 15 is 0 Å². The van der Waals surface area contributed by atoms with E-state index in [0.29, 0.717) is 0 Å². The average molecular weight is 262 g/mol. The van der Waals surface area contributed by atoms with Crippen LogP contribution < -0.4 is 0 Å². The van der Waals surface area contributed by atoms with E-state index in [2.05, 4.69) is 9.26 Å². The highest BCUT2D eigenvalue weighted by Crippen LogP contribution is 2.46. The molecule has 0 amide bonds. The molecule has 0 aromatic carbocycles. The Hall–Kier alpha value is -0.120. The molecule has 1 aliphatic heterocycles. The van der Waals surface area contributed by atoms with Gasteiger partial charge in [0.2, 0.25) is 0 Å². The van der Waals surface area contributed by atoms with E-state index in [1.807, 2.05) is 0 Å². The van der Waals surface area contributed by atoms with Crippen LogP contribution in [0, 0.1) is 0 Å². The van der Waals surface area contributed by atoms with Crippen LogP contribution in [0.15, 0.2) is 0 Å². The quantitative estimate of drug-likeness (QED) is 0.364. The lowest BCUT2D eigenvalue weighted by Gasteiger charge is -2.39. The third-order valence-corrected chi connectivity index (χ3v) is 2.55. The van der Waals surface area contributed by atoms with E-state index in [-0.39, 0.29) is 0 Å². The Labute approximate surface area is 89.5 Å². The molecule has 10 heteroatoms. The molecule has 0 saturated carbocycles. The molecule has 5 N–H and O–H groups in total. The van der Waals surface area contributed by atoms with Gasteiger partial charge in [0.25, 0.3) is 0 Å².